The summed E-state index contributed by atoms with van der Waals surface area (Å²) in [5.41, 5.74) is 2.68. The molecule has 0 aliphatic carbocycles. The predicted molar refractivity (Wildman–Crippen MR) is 69.4 cm³/mol. The molecule has 0 saturated carbocycles. The normalized spacial score (nSPS) is 12.4. The molecule has 1 unspecified atom stereocenters. The molecule has 0 radical (unpaired) electrons. The fraction of sp³-hybridized carbons (Fsp3) is 0.286. The van der Waals surface area contributed by atoms with Gasteiger partial charge in [0.25, 0.3) is 0 Å². The lowest BCUT2D eigenvalue weighted by atomic mass is 10.0. The van der Waals surface area contributed by atoms with Crippen LogP contribution in [0.1, 0.15) is 22.8 Å². The van der Waals surface area contributed by atoms with Gasteiger partial charge in [-0.15, -0.1) is 0 Å². The summed E-state index contributed by atoms with van der Waals surface area (Å²) in [6.45, 7) is 4.19. The minimum atomic E-state index is -0.703. The number of aryl methyl sites for hydroxylation is 2. The zero-order chi connectivity index (χ0) is 13.1. The third kappa shape index (κ3) is 2.84. The van der Waals surface area contributed by atoms with E-state index in [-0.39, 0.29) is 12.2 Å². The first-order chi connectivity index (χ1) is 8.56. The predicted octanol–water partition coefficient (Wildman–Crippen LogP) is 1.59. The van der Waals surface area contributed by atoms with E-state index in [1.165, 1.54) is 10.8 Å². The molecule has 1 aromatic carbocycles. The first kappa shape index (κ1) is 12.5. The van der Waals surface area contributed by atoms with Gasteiger partial charge in [-0.05, 0) is 25.5 Å². The number of aliphatic hydroxyl groups is 1. The monoisotopic (exact) mass is 244 g/mol. The van der Waals surface area contributed by atoms with Gasteiger partial charge in [0.15, 0.2) is 0 Å². The minimum absolute atomic E-state index is 0.218. The maximum Gasteiger partial charge on any atom is 0.347 e. The average Bonchev–Trinajstić information content (AvgIpc) is 2.31. The van der Waals surface area contributed by atoms with Gasteiger partial charge in [0, 0.05) is 12.4 Å². The van der Waals surface area contributed by atoms with E-state index in [9.17, 15) is 9.90 Å². The molecule has 0 fully saturated rings. The van der Waals surface area contributed by atoms with Crippen LogP contribution in [0, 0.1) is 13.8 Å². The van der Waals surface area contributed by atoms with Gasteiger partial charge in [-0.25, -0.2) is 9.78 Å². The summed E-state index contributed by atoms with van der Waals surface area (Å²) in [5.74, 6) is 0. The molecule has 0 spiro atoms. The van der Waals surface area contributed by atoms with E-state index in [1.54, 1.807) is 12.3 Å². The maximum atomic E-state index is 11.5. The van der Waals surface area contributed by atoms with Gasteiger partial charge in [-0.3, -0.25) is 4.57 Å². The van der Waals surface area contributed by atoms with Crippen LogP contribution in [0.4, 0.5) is 0 Å². The summed E-state index contributed by atoms with van der Waals surface area (Å²) in [6, 6.07) is 7.58. The van der Waals surface area contributed by atoms with Crippen LogP contribution in [0.2, 0.25) is 0 Å². The second-order valence-corrected chi connectivity index (χ2v) is 4.49. The molecular weight excluding hydrogens is 228 g/mol. The van der Waals surface area contributed by atoms with Gasteiger partial charge < -0.3 is 5.11 Å². The molecule has 0 aliphatic heterocycles. The second-order valence-electron chi connectivity index (χ2n) is 4.49. The van der Waals surface area contributed by atoms with Gasteiger partial charge in [0.2, 0.25) is 0 Å². The van der Waals surface area contributed by atoms with E-state index in [0.29, 0.717) is 0 Å². The fourth-order valence-corrected chi connectivity index (χ4v) is 2.02. The van der Waals surface area contributed by atoms with E-state index in [4.69, 9.17) is 0 Å². The van der Waals surface area contributed by atoms with Gasteiger partial charge in [0.1, 0.15) is 0 Å². The van der Waals surface area contributed by atoms with Gasteiger partial charge in [-0.1, -0.05) is 29.3 Å². The van der Waals surface area contributed by atoms with Crippen LogP contribution in [0.3, 0.4) is 0 Å². The molecular formula is C14H16N2O2. The highest BCUT2D eigenvalue weighted by atomic mass is 16.3. The van der Waals surface area contributed by atoms with E-state index < -0.39 is 6.10 Å². The molecule has 1 N–H and O–H groups in total. The highest BCUT2D eigenvalue weighted by Gasteiger charge is 2.10. The van der Waals surface area contributed by atoms with Crippen molar-refractivity contribution in [3.63, 3.8) is 0 Å². The zero-order valence-electron chi connectivity index (χ0n) is 10.5. The standard InChI is InChI=1S/C14H16N2O2/c1-10-6-11(2)8-12(7-10)13(17)9-16-5-3-4-15-14(16)18/h3-8,13,17H,9H2,1-2H3. The number of hydrogen-bond acceptors (Lipinski definition) is 3. The fourth-order valence-electron chi connectivity index (χ4n) is 2.02. The lowest BCUT2D eigenvalue weighted by Crippen LogP contribution is -2.24. The van der Waals surface area contributed by atoms with Crippen LogP contribution in [0.15, 0.2) is 41.5 Å². The Kier molecular flexibility index (Phi) is 3.58. The highest BCUT2D eigenvalue weighted by Crippen LogP contribution is 2.17. The van der Waals surface area contributed by atoms with Crippen molar-refractivity contribution in [2.45, 2.75) is 26.5 Å². The molecule has 4 heteroatoms. The Balaban J connectivity index is 2.24. The van der Waals surface area contributed by atoms with Crippen molar-refractivity contribution in [1.82, 2.24) is 9.55 Å². The molecule has 1 atom stereocenters. The zero-order valence-corrected chi connectivity index (χ0v) is 10.5. The van der Waals surface area contributed by atoms with E-state index in [2.05, 4.69) is 4.98 Å². The summed E-state index contributed by atoms with van der Waals surface area (Å²) in [7, 11) is 0. The van der Waals surface area contributed by atoms with Crippen LogP contribution >= 0.6 is 0 Å². The van der Waals surface area contributed by atoms with Gasteiger partial charge in [0.05, 0.1) is 12.6 Å². The van der Waals surface area contributed by atoms with Crippen molar-refractivity contribution in [2.24, 2.45) is 0 Å². The molecule has 2 aromatic rings. The van der Waals surface area contributed by atoms with Crippen molar-refractivity contribution >= 4 is 0 Å². The average molecular weight is 244 g/mol. The molecule has 0 amide bonds. The first-order valence-corrected chi connectivity index (χ1v) is 5.84. The second kappa shape index (κ2) is 5.14. The van der Waals surface area contributed by atoms with Crippen LogP contribution in [0.5, 0.6) is 0 Å². The third-order valence-corrected chi connectivity index (χ3v) is 2.78. The summed E-state index contributed by atoms with van der Waals surface area (Å²) in [4.78, 5) is 15.1. The molecule has 4 nitrogen and oxygen atoms in total. The Bertz CT molecular complexity index is 584. The quantitative estimate of drug-likeness (QED) is 0.892. The van der Waals surface area contributed by atoms with Crippen molar-refractivity contribution in [3.8, 4) is 0 Å². The third-order valence-electron chi connectivity index (χ3n) is 2.78. The number of aromatic nitrogens is 2. The summed E-state index contributed by atoms with van der Waals surface area (Å²) >= 11 is 0. The first-order valence-electron chi connectivity index (χ1n) is 5.84. The summed E-state index contributed by atoms with van der Waals surface area (Å²) in [5, 5.41) is 10.2. The molecule has 94 valence electrons. The number of hydrogen-bond donors (Lipinski definition) is 1. The molecule has 0 bridgehead atoms. The van der Waals surface area contributed by atoms with Crippen molar-refractivity contribution in [3.05, 3.63) is 63.8 Å². The lowest BCUT2D eigenvalue weighted by Gasteiger charge is -2.13. The van der Waals surface area contributed by atoms with Crippen LogP contribution in [-0.2, 0) is 6.54 Å². The van der Waals surface area contributed by atoms with Gasteiger partial charge in [-0.2, -0.15) is 0 Å². The Morgan fingerprint density at radius 3 is 2.56 bits per heavy atom. The Labute approximate surface area is 106 Å². The van der Waals surface area contributed by atoms with E-state index >= 15 is 0 Å². The Morgan fingerprint density at radius 1 is 1.28 bits per heavy atom. The summed E-state index contributed by atoms with van der Waals surface area (Å²) in [6.07, 6.45) is 2.37. The number of rotatable bonds is 3. The smallest absolute Gasteiger partial charge is 0.347 e. The Hall–Kier alpha value is -1.94. The lowest BCUT2D eigenvalue weighted by molar-refractivity contribution is 0.154. The van der Waals surface area contributed by atoms with Crippen LogP contribution in [0.25, 0.3) is 0 Å². The number of nitrogens with zero attached hydrogens (tertiary/aromatic N) is 2. The largest absolute Gasteiger partial charge is 0.387 e. The molecule has 0 aliphatic rings. The molecule has 0 saturated heterocycles. The molecule has 18 heavy (non-hydrogen) atoms. The highest BCUT2D eigenvalue weighted by molar-refractivity contribution is 5.29. The number of benzene rings is 1. The SMILES string of the molecule is Cc1cc(C)cc(C(O)Cn2cccnc2=O)c1. The molecule has 2 rings (SSSR count). The van der Waals surface area contributed by atoms with Crippen molar-refractivity contribution in [2.75, 3.05) is 0 Å². The molecule has 1 aromatic heterocycles. The van der Waals surface area contributed by atoms with E-state index in [1.807, 2.05) is 32.0 Å². The maximum absolute atomic E-state index is 11.5. The number of aliphatic hydroxyl groups excluding tert-OH is 1. The van der Waals surface area contributed by atoms with Crippen molar-refractivity contribution < 1.29 is 5.11 Å². The molecule has 1 heterocycles. The Morgan fingerprint density at radius 2 is 1.94 bits per heavy atom. The minimum Gasteiger partial charge on any atom is -0.387 e. The van der Waals surface area contributed by atoms with Crippen molar-refractivity contribution in [1.29, 1.82) is 0 Å². The van der Waals surface area contributed by atoms with Crippen LogP contribution < -0.4 is 5.69 Å². The van der Waals surface area contributed by atoms with E-state index in [0.717, 1.165) is 16.7 Å². The van der Waals surface area contributed by atoms with Crippen LogP contribution in [-0.4, -0.2) is 14.7 Å². The topological polar surface area (TPSA) is 55.1 Å². The summed E-state index contributed by atoms with van der Waals surface area (Å²) < 4.78 is 1.41. The van der Waals surface area contributed by atoms with Gasteiger partial charge >= 0.3 is 5.69 Å².